The summed E-state index contributed by atoms with van der Waals surface area (Å²) in [5, 5.41) is 12.1. The molecule has 1 aromatic heterocycles. The van der Waals surface area contributed by atoms with Gasteiger partial charge in [-0.05, 0) is 48.9 Å². The monoisotopic (exact) mass is 379 g/mol. The summed E-state index contributed by atoms with van der Waals surface area (Å²) in [6.45, 7) is 2.57. The zero-order valence-corrected chi connectivity index (χ0v) is 16.1. The van der Waals surface area contributed by atoms with Crippen molar-refractivity contribution in [3.8, 4) is 17.0 Å². The van der Waals surface area contributed by atoms with Gasteiger partial charge in [0.15, 0.2) is 0 Å². The van der Waals surface area contributed by atoms with E-state index in [0.717, 1.165) is 27.6 Å². The molecule has 6 heteroatoms. The quantitative estimate of drug-likeness (QED) is 0.632. The molecule has 0 fully saturated rings. The van der Waals surface area contributed by atoms with Crippen LogP contribution in [-0.2, 0) is 11.3 Å². The number of nitrogens with zero attached hydrogens (tertiary/aromatic N) is 2. The van der Waals surface area contributed by atoms with Crippen molar-refractivity contribution in [2.45, 2.75) is 18.5 Å². The number of hydrogen-bond donors (Lipinski definition) is 1. The molecule has 1 N–H and O–H groups in total. The number of thioether (sulfide) groups is 1. The van der Waals surface area contributed by atoms with E-state index in [1.807, 2.05) is 67.6 Å². The summed E-state index contributed by atoms with van der Waals surface area (Å²) in [6.07, 6.45) is 0. The van der Waals surface area contributed by atoms with E-state index < -0.39 is 0 Å². The van der Waals surface area contributed by atoms with E-state index in [4.69, 9.17) is 4.74 Å². The molecule has 1 amide bonds. The summed E-state index contributed by atoms with van der Waals surface area (Å²) in [6, 6.07) is 19.6. The maximum atomic E-state index is 12.0. The van der Waals surface area contributed by atoms with E-state index >= 15 is 0 Å². The Labute approximate surface area is 163 Å². The van der Waals surface area contributed by atoms with Crippen LogP contribution in [0, 0.1) is 6.92 Å². The van der Waals surface area contributed by atoms with Crippen LogP contribution in [-0.4, -0.2) is 29.0 Å². The Kier molecular flexibility index (Phi) is 6.44. The zero-order valence-electron chi connectivity index (χ0n) is 15.3. The first-order valence-electron chi connectivity index (χ1n) is 8.57. The number of carbonyl (C=O) groups is 1. The lowest BCUT2D eigenvalue weighted by Crippen LogP contribution is -2.24. The van der Waals surface area contributed by atoms with Gasteiger partial charge in [0, 0.05) is 12.1 Å². The Bertz CT molecular complexity index is 879. The molecular weight excluding hydrogens is 358 g/mol. The fraction of sp³-hybridized carbons (Fsp3) is 0.190. The van der Waals surface area contributed by atoms with Crippen LogP contribution >= 0.6 is 11.8 Å². The maximum Gasteiger partial charge on any atom is 0.230 e. The highest BCUT2D eigenvalue weighted by Gasteiger charge is 2.06. The first kappa shape index (κ1) is 18.9. The summed E-state index contributed by atoms with van der Waals surface area (Å²) >= 11 is 1.37. The van der Waals surface area contributed by atoms with Crippen molar-refractivity contribution in [1.29, 1.82) is 0 Å². The highest BCUT2D eigenvalue weighted by molar-refractivity contribution is 7.99. The zero-order chi connectivity index (χ0) is 19.1. The normalized spacial score (nSPS) is 10.4. The number of ether oxygens (including phenoxy) is 1. The van der Waals surface area contributed by atoms with Crippen LogP contribution in [0.3, 0.4) is 0 Å². The van der Waals surface area contributed by atoms with Gasteiger partial charge in [-0.15, -0.1) is 10.2 Å². The van der Waals surface area contributed by atoms with Gasteiger partial charge in [0.05, 0.1) is 18.6 Å². The second kappa shape index (κ2) is 9.19. The van der Waals surface area contributed by atoms with Crippen molar-refractivity contribution >= 4 is 17.7 Å². The number of amides is 1. The van der Waals surface area contributed by atoms with Crippen LogP contribution in [0.4, 0.5) is 0 Å². The molecule has 3 rings (SSSR count). The van der Waals surface area contributed by atoms with E-state index in [9.17, 15) is 4.79 Å². The first-order chi connectivity index (χ1) is 13.1. The molecule has 2 aromatic carbocycles. The molecule has 0 saturated carbocycles. The number of aromatic nitrogens is 2. The van der Waals surface area contributed by atoms with Gasteiger partial charge < -0.3 is 10.1 Å². The van der Waals surface area contributed by atoms with Gasteiger partial charge in [0.1, 0.15) is 10.8 Å². The molecule has 0 bridgehead atoms. The van der Waals surface area contributed by atoms with Crippen molar-refractivity contribution in [3.63, 3.8) is 0 Å². The van der Waals surface area contributed by atoms with Crippen LogP contribution in [0.15, 0.2) is 65.7 Å². The number of aryl methyl sites for hydroxylation is 1. The summed E-state index contributed by atoms with van der Waals surface area (Å²) < 4.78 is 5.15. The molecule has 138 valence electrons. The summed E-state index contributed by atoms with van der Waals surface area (Å²) in [5.41, 5.74) is 4.04. The van der Waals surface area contributed by atoms with Gasteiger partial charge >= 0.3 is 0 Å². The smallest absolute Gasteiger partial charge is 0.230 e. The molecular formula is C21H21N3O2S. The van der Waals surface area contributed by atoms with E-state index in [-0.39, 0.29) is 5.91 Å². The highest BCUT2D eigenvalue weighted by atomic mass is 32.2. The molecule has 0 saturated heterocycles. The Morgan fingerprint density at radius 1 is 1.00 bits per heavy atom. The van der Waals surface area contributed by atoms with Crippen LogP contribution in [0.25, 0.3) is 11.3 Å². The molecule has 0 atom stereocenters. The molecule has 5 nitrogen and oxygen atoms in total. The first-order valence-corrected chi connectivity index (χ1v) is 9.56. The largest absolute Gasteiger partial charge is 0.497 e. The molecule has 3 aromatic rings. The predicted molar refractivity (Wildman–Crippen MR) is 108 cm³/mol. The van der Waals surface area contributed by atoms with Gasteiger partial charge in [-0.3, -0.25) is 4.79 Å². The Balaban J connectivity index is 1.49. The van der Waals surface area contributed by atoms with Gasteiger partial charge in [0.25, 0.3) is 0 Å². The lowest BCUT2D eigenvalue weighted by molar-refractivity contribution is -0.118. The third-order valence-corrected chi connectivity index (χ3v) is 4.91. The third kappa shape index (κ3) is 5.56. The van der Waals surface area contributed by atoms with Gasteiger partial charge in [-0.2, -0.15) is 0 Å². The van der Waals surface area contributed by atoms with Crippen LogP contribution in [0.5, 0.6) is 5.75 Å². The van der Waals surface area contributed by atoms with E-state index in [1.165, 1.54) is 17.3 Å². The Morgan fingerprint density at radius 2 is 1.74 bits per heavy atom. The second-order valence-electron chi connectivity index (χ2n) is 6.04. The Hall–Kier alpha value is -2.86. The molecule has 0 aliphatic carbocycles. The van der Waals surface area contributed by atoms with E-state index in [0.29, 0.717) is 12.3 Å². The molecule has 0 radical (unpaired) electrons. The van der Waals surface area contributed by atoms with Crippen molar-refractivity contribution in [3.05, 3.63) is 71.8 Å². The van der Waals surface area contributed by atoms with Crippen molar-refractivity contribution in [1.82, 2.24) is 15.5 Å². The second-order valence-corrected chi connectivity index (χ2v) is 7.03. The maximum absolute atomic E-state index is 12.0. The van der Waals surface area contributed by atoms with Crippen molar-refractivity contribution < 1.29 is 9.53 Å². The highest BCUT2D eigenvalue weighted by Crippen LogP contribution is 2.22. The number of hydrogen-bond acceptors (Lipinski definition) is 5. The number of methoxy groups -OCH3 is 1. The fourth-order valence-corrected chi connectivity index (χ4v) is 3.05. The average Bonchev–Trinajstić information content (AvgIpc) is 2.72. The van der Waals surface area contributed by atoms with Crippen molar-refractivity contribution in [2.24, 2.45) is 0 Å². The van der Waals surface area contributed by atoms with Crippen LogP contribution in [0.2, 0.25) is 0 Å². The predicted octanol–water partition coefficient (Wildman–Crippen LogP) is 3.87. The fourth-order valence-electron chi connectivity index (χ4n) is 2.41. The van der Waals surface area contributed by atoms with Crippen LogP contribution in [0.1, 0.15) is 11.1 Å². The molecule has 0 aliphatic heterocycles. The molecule has 1 heterocycles. The van der Waals surface area contributed by atoms with Crippen LogP contribution < -0.4 is 10.1 Å². The minimum Gasteiger partial charge on any atom is -0.497 e. The van der Waals surface area contributed by atoms with Gasteiger partial charge in [-0.1, -0.05) is 41.6 Å². The lowest BCUT2D eigenvalue weighted by Gasteiger charge is -2.06. The number of rotatable bonds is 7. The number of benzene rings is 2. The minimum atomic E-state index is -0.0263. The number of nitrogens with one attached hydrogen (secondary N) is 1. The summed E-state index contributed by atoms with van der Waals surface area (Å²) in [4.78, 5) is 12.0. The molecule has 27 heavy (non-hydrogen) atoms. The van der Waals surface area contributed by atoms with Gasteiger partial charge in [0.2, 0.25) is 5.91 Å². The topological polar surface area (TPSA) is 64.1 Å². The number of carbonyl (C=O) groups excluding carboxylic acids is 1. The summed E-state index contributed by atoms with van der Waals surface area (Å²) in [5.74, 6) is 1.08. The minimum absolute atomic E-state index is 0.0263. The van der Waals surface area contributed by atoms with Gasteiger partial charge in [-0.25, -0.2) is 0 Å². The van der Waals surface area contributed by atoms with Crippen molar-refractivity contribution in [2.75, 3.05) is 12.9 Å². The SMILES string of the molecule is COc1ccc(-c2ccc(SCC(=O)NCc3ccc(C)cc3)nn2)cc1. The summed E-state index contributed by atoms with van der Waals surface area (Å²) in [7, 11) is 1.64. The molecule has 0 aliphatic rings. The molecule has 0 unspecified atom stereocenters. The van der Waals surface area contributed by atoms with E-state index in [2.05, 4.69) is 15.5 Å². The molecule has 0 spiro atoms. The Morgan fingerprint density at radius 3 is 2.37 bits per heavy atom. The third-order valence-electron chi connectivity index (χ3n) is 3.99. The van der Waals surface area contributed by atoms with E-state index in [1.54, 1.807) is 7.11 Å². The standard InChI is InChI=1S/C21H21N3O2S/c1-15-3-5-16(6-4-15)13-22-20(25)14-27-21-12-11-19(23-24-21)17-7-9-18(26-2)10-8-17/h3-12H,13-14H2,1-2H3,(H,22,25). The lowest BCUT2D eigenvalue weighted by atomic mass is 10.1. The average molecular weight is 379 g/mol.